The minimum Gasteiger partial charge on any atom is -0.296 e. The first-order valence-electron chi connectivity index (χ1n) is 8.72. The number of nitrogens with zero attached hydrogens (tertiary/aromatic N) is 1. The Morgan fingerprint density at radius 3 is 1.74 bits per heavy atom. The molecule has 1 N–H and O–H groups in total. The van der Waals surface area contributed by atoms with Gasteiger partial charge in [-0.05, 0) is 42.8 Å². The van der Waals surface area contributed by atoms with E-state index >= 15 is 0 Å². The normalized spacial score (nSPS) is 13.8. The second kappa shape index (κ2) is 8.18. The van der Waals surface area contributed by atoms with Crippen molar-refractivity contribution in [2.24, 2.45) is 0 Å². The number of hydrogen-bond acceptors (Lipinski definition) is 2. The van der Waals surface area contributed by atoms with Crippen LogP contribution in [-0.2, 0) is 4.57 Å². The van der Waals surface area contributed by atoms with Crippen LogP contribution in [0.25, 0.3) is 6.08 Å². The van der Waals surface area contributed by atoms with Gasteiger partial charge in [0.25, 0.3) is 0 Å². The van der Waals surface area contributed by atoms with E-state index < -0.39 is 12.8 Å². The monoisotopic (exact) mass is 372 g/mol. The van der Waals surface area contributed by atoms with E-state index in [9.17, 15) is 9.83 Å². The molecule has 3 rings (SSSR count). The van der Waals surface area contributed by atoms with Crippen molar-refractivity contribution in [3.8, 4) is 6.07 Å². The van der Waals surface area contributed by atoms with Crippen molar-refractivity contribution >= 4 is 24.0 Å². The van der Waals surface area contributed by atoms with Gasteiger partial charge in [0.1, 0.15) is 5.54 Å². The third-order valence-electron chi connectivity index (χ3n) is 4.27. The lowest BCUT2D eigenvalue weighted by Crippen LogP contribution is -2.42. The molecular formula is C23H21N2OP. The van der Waals surface area contributed by atoms with Crippen molar-refractivity contribution in [1.82, 2.24) is 5.09 Å². The maximum absolute atomic E-state index is 14.1. The van der Waals surface area contributed by atoms with Crippen molar-refractivity contribution in [2.75, 3.05) is 0 Å². The zero-order chi connectivity index (χ0) is 19.2. The largest absolute Gasteiger partial charge is 0.296 e. The van der Waals surface area contributed by atoms with Crippen LogP contribution in [0.15, 0.2) is 97.1 Å². The molecule has 0 spiro atoms. The van der Waals surface area contributed by atoms with Crippen LogP contribution in [0.5, 0.6) is 0 Å². The Bertz CT molecular complexity index is 951. The molecule has 3 aromatic rings. The second-order valence-electron chi connectivity index (χ2n) is 6.45. The molecule has 4 heteroatoms. The summed E-state index contributed by atoms with van der Waals surface area (Å²) in [6, 6.07) is 30.6. The predicted molar refractivity (Wildman–Crippen MR) is 112 cm³/mol. The van der Waals surface area contributed by atoms with Crippen LogP contribution in [-0.4, -0.2) is 5.54 Å². The van der Waals surface area contributed by atoms with E-state index in [4.69, 9.17) is 0 Å². The Morgan fingerprint density at radius 2 is 1.30 bits per heavy atom. The molecule has 0 unspecified atom stereocenters. The van der Waals surface area contributed by atoms with Crippen molar-refractivity contribution in [3.05, 3.63) is 103 Å². The lowest BCUT2D eigenvalue weighted by Gasteiger charge is -2.28. The van der Waals surface area contributed by atoms with Crippen LogP contribution in [0.1, 0.15) is 12.5 Å². The summed E-state index contributed by atoms with van der Waals surface area (Å²) >= 11 is 0. The molecule has 3 aromatic carbocycles. The van der Waals surface area contributed by atoms with Crippen molar-refractivity contribution in [1.29, 1.82) is 5.26 Å². The molecule has 0 bridgehead atoms. The van der Waals surface area contributed by atoms with Gasteiger partial charge >= 0.3 is 0 Å². The van der Waals surface area contributed by atoms with Gasteiger partial charge < -0.3 is 0 Å². The van der Waals surface area contributed by atoms with Gasteiger partial charge in [-0.25, -0.2) is 5.09 Å². The van der Waals surface area contributed by atoms with E-state index in [0.717, 1.165) is 5.56 Å². The summed E-state index contributed by atoms with van der Waals surface area (Å²) in [5, 5.41) is 14.3. The van der Waals surface area contributed by atoms with Gasteiger partial charge in [-0.3, -0.25) is 4.57 Å². The molecular weight excluding hydrogens is 351 g/mol. The van der Waals surface area contributed by atoms with Crippen LogP contribution in [0.2, 0.25) is 0 Å². The number of hydrogen-bond donors (Lipinski definition) is 1. The first-order valence-corrected chi connectivity index (χ1v) is 10.4. The van der Waals surface area contributed by atoms with Crippen molar-refractivity contribution in [2.45, 2.75) is 12.5 Å². The molecule has 0 amide bonds. The van der Waals surface area contributed by atoms with Gasteiger partial charge in [-0.2, -0.15) is 5.26 Å². The Kier molecular flexibility index (Phi) is 5.72. The highest BCUT2D eigenvalue weighted by atomic mass is 31.2. The summed E-state index contributed by atoms with van der Waals surface area (Å²) in [6.45, 7) is 1.74. The lowest BCUT2D eigenvalue weighted by atomic mass is 10.0. The summed E-state index contributed by atoms with van der Waals surface area (Å²) in [5.41, 5.74) is -0.119. The smallest absolute Gasteiger partial charge is 0.206 e. The van der Waals surface area contributed by atoms with Crippen LogP contribution >= 0.6 is 7.29 Å². The number of nitriles is 1. The maximum atomic E-state index is 14.1. The van der Waals surface area contributed by atoms with Gasteiger partial charge in [0.05, 0.1) is 6.07 Å². The van der Waals surface area contributed by atoms with Crippen molar-refractivity contribution < 1.29 is 4.57 Å². The van der Waals surface area contributed by atoms with Crippen LogP contribution in [0.3, 0.4) is 0 Å². The van der Waals surface area contributed by atoms with Gasteiger partial charge in [0, 0.05) is 10.6 Å². The fourth-order valence-electron chi connectivity index (χ4n) is 2.81. The van der Waals surface area contributed by atoms with Crippen LogP contribution in [0, 0.1) is 11.3 Å². The SMILES string of the molecule is C[C@](C#N)(/C=C/c1ccccc1)NP(=O)(c1ccccc1)c1ccccc1. The van der Waals surface area contributed by atoms with E-state index in [-0.39, 0.29) is 0 Å². The molecule has 134 valence electrons. The van der Waals surface area contributed by atoms with Crippen LogP contribution in [0.4, 0.5) is 0 Å². The molecule has 0 aromatic heterocycles. The fraction of sp³-hybridized carbons (Fsp3) is 0.0870. The Morgan fingerprint density at radius 1 is 0.852 bits per heavy atom. The summed E-state index contributed by atoms with van der Waals surface area (Å²) in [7, 11) is -3.21. The van der Waals surface area contributed by atoms with Crippen LogP contribution < -0.4 is 15.7 Å². The highest BCUT2D eigenvalue weighted by Gasteiger charge is 2.35. The van der Waals surface area contributed by atoms with Gasteiger partial charge in [-0.15, -0.1) is 0 Å². The quantitative estimate of drug-likeness (QED) is 0.648. The highest BCUT2D eigenvalue weighted by molar-refractivity contribution is 7.77. The zero-order valence-corrected chi connectivity index (χ0v) is 16.0. The average molecular weight is 372 g/mol. The third kappa shape index (κ3) is 4.44. The maximum Gasteiger partial charge on any atom is 0.206 e. The summed E-state index contributed by atoms with van der Waals surface area (Å²) in [5.74, 6) is 0. The predicted octanol–water partition coefficient (Wildman–Crippen LogP) is 4.50. The molecule has 0 aliphatic heterocycles. The Hall–Kier alpha value is -2.92. The molecule has 27 heavy (non-hydrogen) atoms. The van der Waals surface area contributed by atoms with E-state index in [1.807, 2.05) is 97.1 Å². The van der Waals surface area contributed by atoms with E-state index in [2.05, 4.69) is 11.2 Å². The summed E-state index contributed by atoms with van der Waals surface area (Å²) in [6.07, 6.45) is 3.64. The molecule has 3 nitrogen and oxygen atoms in total. The first-order chi connectivity index (χ1) is 13.1. The zero-order valence-electron chi connectivity index (χ0n) is 15.1. The number of nitrogens with one attached hydrogen (secondary N) is 1. The highest BCUT2D eigenvalue weighted by Crippen LogP contribution is 2.41. The summed E-state index contributed by atoms with van der Waals surface area (Å²) < 4.78 is 14.1. The second-order valence-corrected chi connectivity index (χ2v) is 8.93. The first kappa shape index (κ1) is 18.9. The average Bonchev–Trinajstić information content (AvgIpc) is 2.74. The third-order valence-corrected chi connectivity index (χ3v) is 7.10. The van der Waals surface area contributed by atoms with E-state index in [1.54, 1.807) is 13.0 Å². The molecule has 0 saturated carbocycles. The molecule has 0 radical (unpaired) electrons. The molecule has 0 saturated heterocycles. The molecule has 0 fully saturated rings. The Balaban J connectivity index is 2.02. The topological polar surface area (TPSA) is 52.9 Å². The van der Waals surface area contributed by atoms with Gasteiger partial charge in [-0.1, -0.05) is 72.8 Å². The molecule has 0 heterocycles. The summed E-state index contributed by atoms with van der Waals surface area (Å²) in [4.78, 5) is 0. The lowest BCUT2D eigenvalue weighted by molar-refractivity contribution is 0.561. The minimum atomic E-state index is -3.21. The minimum absolute atomic E-state index is 0.672. The number of benzene rings is 3. The number of rotatable bonds is 6. The van der Waals surface area contributed by atoms with Gasteiger partial charge in [0.2, 0.25) is 7.29 Å². The van der Waals surface area contributed by atoms with Gasteiger partial charge in [0.15, 0.2) is 0 Å². The van der Waals surface area contributed by atoms with Crippen molar-refractivity contribution in [3.63, 3.8) is 0 Å². The molecule has 0 aliphatic rings. The Labute approximate surface area is 160 Å². The molecule has 1 atom stereocenters. The van der Waals surface area contributed by atoms with E-state index in [1.165, 1.54) is 0 Å². The molecule has 0 aliphatic carbocycles. The fourth-order valence-corrected chi connectivity index (χ4v) is 5.33. The van der Waals surface area contributed by atoms with E-state index in [0.29, 0.717) is 10.6 Å². The standard InChI is InChI=1S/C23H21N2OP/c1-23(19-24,18-17-20-11-5-2-6-12-20)25-27(26,21-13-7-3-8-14-21)22-15-9-4-10-16-22/h2-18H,1H3,(H,25,26)/b18-17+/t23-/m1/s1.